The number of carbonyl (C=O) groups is 4. The van der Waals surface area contributed by atoms with Crippen molar-refractivity contribution in [1.29, 1.82) is 0 Å². The average Bonchev–Trinajstić information content (AvgIpc) is 3.02. The Morgan fingerprint density at radius 2 is 1.68 bits per heavy atom. The number of aliphatic carboxylic acids is 1. The summed E-state index contributed by atoms with van der Waals surface area (Å²) in [5.41, 5.74) is 8.73. The van der Waals surface area contributed by atoms with E-state index in [0.717, 1.165) is 24.1 Å². The van der Waals surface area contributed by atoms with Crippen molar-refractivity contribution in [2.45, 2.75) is 57.9 Å². The predicted molar refractivity (Wildman–Crippen MR) is 178 cm³/mol. The van der Waals surface area contributed by atoms with Crippen LogP contribution in [0.4, 0.5) is 23.7 Å². The van der Waals surface area contributed by atoms with Gasteiger partial charge in [-0.25, -0.2) is 4.79 Å². The maximum atomic E-state index is 13.9. The number of quaternary nitrogens is 1. The zero-order chi connectivity index (χ0) is 37.2. The summed E-state index contributed by atoms with van der Waals surface area (Å²) in [6, 6.07) is 18.7. The number of amides is 3. The number of nitrogens with two attached hydrogens (primary N) is 1. The number of imide groups is 1. The number of likely N-dealkylation sites (N-methyl/N-ethyl adjacent to an activating group) is 1. The van der Waals surface area contributed by atoms with E-state index < -0.39 is 30.1 Å². The van der Waals surface area contributed by atoms with E-state index in [1.165, 1.54) is 4.90 Å². The van der Waals surface area contributed by atoms with Crippen molar-refractivity contribution in [2.75, 3.05) is 25.5 Å². The van der Waals surface area contributed by atoms with Crippen LogP contribution in [0.1, 0.15) is 37.8 Å². The number of alkyl halides is 3. The molecule has 11 nitrogen and oxygen atoms in total. The van der Waals surface area contributed by atoms with Gasteiger partial charge in [-0.1, -0.05) is 49.7 Å². The van der Waals surface area contributed by atoms with Crippen molar-refractivity contribution in [3.8, 4) is 11.5 Å². The summed E-state index contributed by atoms with van der Waals surface area (Å²) in [4.78, 5) is 49.7. The van der Waals surface area contributed by atoms with E-state index in [2.05, 4.69) is 12.4 Å². The maximum absolute atomic E-state index is 13.9. The Kier molecular flexibility index (Phi) is 13.8. The van der Waals surface area contributed by atoms with Gasteiger partial charge in [-0.15, -0.1) is 0 Å². The maximum Gasteiger partial charge on any atom is 0.430 e. The van der Waals surface area contributed by atoms with Gasteiger partial charge in [-0.3, -0.25) is 14.5 Å². The molecule has 15 heteroatoms. The third kappa shape index (κ3) is 12.0. The van der Waals surface area contributed by atoms with E-state index in [1.54, 1.807) is 62.4 Å². The van der Waals surface area contributed by atoms with Crippen molar-refractivity contribution >= 4 is 41.2 Å². The second-order valence-corrected chi connectivity index (χ2v) is 13.0. The Labute approximate surface area is 293 Å². The lowest BCUT2D eigenvalue weighted by atomic mass is 9.98. The van der Waals surface area contributed by atoms with Crippen LogP contribution in [0.3, 0.4) is 0 Å². The van der Waals surface area contributed by atoms with Crippen LogP contribution in [0, 0.1) is 5.92 Å². The highest BCUT2D eigenvalue weighted by molar-refractivity contribution is 6.30. The summed E-state index contributed by atoms with van der Waals surface area (Å²) in [7, 11) is 2.13. The molecular formula is C35H40ClF3N4O7. The highest BCUT2D eigenvalue weighted by atomic mass is 35.5. The van der Waals surface area contributed by atoms with Gasteiger partial charge in [0.15, 0.2) is 0 Å². The fourth-order valence-electron chi connectivity index (χ4n) is 5.45. The number of aromatic hydroxyl groups is 1. The summed E-state index contributed by atoms with van der Waals surface area (Å²) in [6.07, 6.45) is -3.51. The molecule has 0 aromatic heterocycles. The first kappa shape index (κ1) is 39.8. The standard InChI is InChI=1S/C33H39ClN4O5.C2HF3O2/c1-22(2)32(41)43-29-15-11-26(12-16-29)36-33(42)37(31(40)30(35)19-23-9-13-28(39)14-10-23)27-8-5-17-38(3,21-27)20-24-6-4-7-25(34)18-24;3-2(4,5)1(6)7/h4,6-7,9-16,18,22,27,30H,5,8,17,19-21,35H2,1-3H3,(H-,36,39,42);(H,6,7)/t27-,30-,38?;/m0./s1. The molecule has 0 radical (unpaired) electrons. The summed E-state index contributed by atoms with van der Waals surface area (Å²) in [5.74, 6) is -3.63. The van der Waals surface area contributed by atoms with E-state index in [9.17, 15) is 32.7 Å². The molecule has 270 valence electrons. The van der Waals surface area contributed by atoms with Crippen LogP contribution in [0.25, 0.3) is 0 Å². The smallest absolute Gasteiger partial charge is 0.430 e. The number of carbonyl (C=O) groups excluding carboxylic acids is 4. The number of benzene rings is 3. The minimum absolute atomic E-state index is 0.119. The number of hydrogen-bond acceptors (Lipinski definition) is 8. The fraction of sp³-hybridized carbons (Fsp3) is 0.371. The number of likely N-dealkylation sites (tertiary alicyclic amines) is 1. The first-order valence-electron chi connectivity index (χ1n) is 15.7. The van der Waals surface area contributed by atoms with Crippen LogP contribution in [-0.4, -0.2) is 76.8 Å². The Bertz CT molecular complexity index is 1640. The molecule has 3 aromatic carbocycles. The molecule has 0 spiro atoms. The van der Waals surface area contributed by atoms with Crippen molar-refractivity contribution in [2.24, 2.45) is 11.7 Å². The van der Waals surface area contributed by atoms with Gasteiger partial charge in [0.05, 0.1) is 31.6 Å². The molecule has 1 heterocycles. The monoisotopic (exact) mass is 720 g/mol. The van der Waals surface area contributed by atoms with Crippen LogP contribution < -0.4 is 20.9 Å². The molecule has 50 heavy (non-hydrogen) atoms. The summed E-state index contributed by atoms with van der Waals surface area (Å²) in [6.45, 7) is 5.65. The van der Waals surface area contributed by atoms with Crippen molar-refractivity contribution in [1.82, 2.24) is 4.90 Å². The molecule has 1 aliphatic heterocycles. The van der Waals surface area contributed by atoms with Gasteiger partial charge in [-0.2, -0.15) is 13.2 Å². The number of hydrogen-bond donors (Lipinski definition) is 3. The Morgan fingerprint density at radius 3 is 2.24 bits per heavy atom. The van der Waals surface area contributed by atoms with E-state index in [4.69, 9.17) is 32.0 Å². The molecule has 1 saturated heterocycles. The molecule has 0 bridgehead atoms. The first-order valence-corrected chi connectivity index (χ1v) is 16.1. The number of esters is 1. The van der Waals surface area contributed by atoms with E-state index in [1.807, 2.05) is 24.3 Å². The molecule has 3 aromatic rings. The minimum atomic E-state index is -5.19. The quantitative estimate of drug-likeness (QED) is 0.164. The molecule has 0 saturated carbocycles. The normalized spacial score (nSPS) is 17.9. The zero-order valence-electron chi connectivity index (χ0n) is 27.8. The summed E-state index contributed by atoms with van der Waals surface area (Å²) in [5, 5.41) is 21.9. The number of ether oxygens (including phenoxy) is 1. The molecule has 1 fully saturated rings. The highest BCUT2D eigenvalue weighted by Crippen LogP contribution is 2.27. The lowest BCUT2D eigenvalue weighted by Gasteiger charge is -2.44. The number of piperidine rings is 1. The number of rotatable bonds is 9. The Morgan fingerprint density at radius 1 is 1.06 bits per heavy atom. The lowest BCUT2D eigenvalue weighted by Crippen LogP contribution is -2.62. The predicted octanol–water partition coefficient (Wildman–Crippen LogP) is 4.65. The van der Waals surface area contributed by atoms with Crippen LogP contribution >= 0.6 is 11.6 Å². The van der Waals surface area contributed by atoms with Crippen molar-refractivity contribution in [3.05, 3.63) is 88.9 Å². The van der Waals surface area contributed by atoms with Crippen LogP contribution in [0.15, 0.2) is 72.8 Å². The molecule has 3 amide bonds. The van der Waals surface area contributed by atoms with E-state index in [0.29, 0.717) is 40.5 Å². The van der Waals surface area contributed by atoms with Gasteiger partial charge in [0, 0.05) is 16.3 Å². The van der Waals surface area contributed by atoms with Gasteiger partial charge in [0.1, 0.15) is 30.6 Å². The molecule has 1 aliphatic rings. The van der Waals surface area contributed by atoms with Gasteiger partial charge in [0.2, 0.25) is 5.91 Å². The third-order valence-corrected chi connectivity index (χ3v) is 8.13. The van der Waals surface area contributed by atoms with Crippen molar-refractivity contribution < 1.29 is 51.8 Å². The van der Waals surface area contributed by atoms with E-state index >= 15 is 0 Å². The second kappa shape index (κ2) is 17.3. The summed E-state index contributed by atoms with van der Waals surface area (Å²) < 4.78 is 37.5. The molecule has 3 atom stereocenters. The van der Waals surface area contributed by atoms with E-state index in [-0.39, 0.29) is 30.1 Å². The number of phenolic OH excluding ortho intramolecular Hbond substituents is 1. The van der Waals surface area contributed by atoms with Crippen LogP contribution in [0.5, 0.6) is 11.5 Å². The molecular weight excluding hydrogens is 681 g/mol. The average molecular weight is 721 g/mol. The number of carboxylic acid groups (broad SMARTS) is 1. The Balaban J connectivity index is 0.000000872. The molecule has 4 rings (SSSR count). The zero-order valence-corrected chi connectivity index (χ0v) is 28.5. The summed E-state index contributed by atoms with van der Waals surface area (Å²) >= 11 is 6.24. The fourth-order valence-corrected chi connectivity index (χ4v) is 5.67. The van der Waals surface area contributed by atoms with Crippen molar-refractivity contribution in [3.63, 3.8) is 0 Å². The number of anilines is 1. The number of urea groups is 1. The second-order valence-electron chi connectivity index (χ2n) is 12.6. The topological polar surface area (TPSA) is 162 Å². The van der Waals surface area contributed by atoms with Gasteiger partial charge >= 0.3 is 18.2 Å². The van der Waals surface area contributed by atoms with Gasteiger partial charge in [0.25, 0.3) is 0 Å². The third-order valence-electron chi connectivity index (χ3n) is 7.90. The van der Waals surface area contributed by atoms with Gasteiger partial charge in [-0.05, 0) is 73.4 Å². The number of carboxylic acids is 1. The lowest BCUT2D eigenvalue weighted by molar-refractivity contribution is -0.928. The SMILES string of the molecule is CC(C)C(=O)Oc1ccc(NC(=O)N(C(=O)[C@@H](N)Cc2ccc(O)cc2)[C@H]2CCC[N+](C)(Cc3cccc(Cl)c3)C2)cc1.O=C([O-])C(F)(F)F. The first-order chi connectivity index (χ1) is 23.4. The Hall–Kier alpha value is -4.66. The largest absolute Gasteiger partial charge is 0.542 e. The van der Waals surface area contributed by atoms with Crippen LogP contribution in [-0.2, 0) is 27.3 Å². The van der Waals surface area contributed by atoms with Gasteiger partial charge < -0.3 is 35.3 Å². The molecule has 4 N–H and O–H groups in total. The molecule has 0 aliphatic carbocycles. The number of halogens is 4. The number of nitrogens with zero attached hydrogens (tertiary/aromatic N) is 2. The highest BCUT2D eigenvalue weighted by Gasteiger charge is 2.41. The van der Waals surface area contributed by atoms with Crippen LogP contribution in [0.2, 0.25) is 5.02 Å². The minimum Gasteiger partial charge on any atom is -0.542 e. The number of nitrogens with one attached hydrogen (secondary N) is 1. The number of phenols is 1. The molecule has 1 unspecified atom stereocenters.